The maximum atomic E-state index is 10.4. The highest BCUT2D eigenvalue weighted by Crippen LogP contribution is 2.30. The minimum Gasteiger partial charge on any atom is -0.481 e. The van der Waals surface area contributed by atoms with Gasteiger partial charge < -0.3 is 10.6 Å². The predicted molar refractivity (Wildman–Crippen MR) is 38.2 cm³/mol. The molecule has 0 heterocycles. The van der Waals surface area contributed by atoms with E-state index in [2.05, 4.69) is 4.79 Å². The molecule has 1 N–H and O–H groups in total. The van der Waals surface area contributed by atoms with Crippen LogP contribution in [0.15, 0.2) is 0 Å². The summed E-state index contributed by atoms with van der Waals surface area (Å²) in [7, 11) is 0. The molecule has 4 heteroatoms. The molecular formula is C7H10N2O2. The van der Waals surface area contributed by atoms with Crippen molar-refractivity contribution in [3.8, 4) is 0 Å². The minimum absolute atomic E-state index is 0.214. The molecule has 4 nitrogen and oxygen atoms in total. The van der Waals surface area contributed by atoms with E-state index in [4.69, 9.17) is 10.6 Å². The molecule has 0 saturated heterocycles. The van der Waals surface area contributed by atoms with Gasteiger partial charge in [0.1, 0.15) is 0 Å². The molecule has 1 rings (SSSR count). The van der Waals surface area contributed by atoms with Gasteiger partial charge in [-0.1, -0.05) is 6.92 Å². The fraction of sp³-hybridized carbons (Fsp3) is 0.714. The van der Waals surface area contributed by atoms with E-state index in [1.54, 1.807) is 6.92 Å². The maximum Gasteiger partial charge on any atom is 0.306 e. The van der Waals surface area contributed by atoms with Crippen LogP contribution in [0.25, 0.3) is 5.53 Å². The van der Waals surface area contributed by atoms with Gasteiger partial charge in [0.15, 0.2) is 0 Å². The normalized spacial score (nSPS) is 24.1. The Bertz CT molecular complexity index is 231. The van der Waals surface area contributed by atoms with E-state index in [0.717, 1.165) is 12.1 Å². The van der Waals surface area contributed by atoms with E-state index in [-0.39, 0.29) is 11.8 Å². The van der Waals surface area contributed by atoms with Gasteiger partial charge in [0.2, 0.25) is 0 Å². The molecule has 0 amide bonds. The molecule has 2 atom stereocenters. The molecule has 0 radical (unpaired) electrons. The Morgan fingerprint density at radius 2 is 2.64 bits per heavy atom. The Labute approximate surface area is 64.5 Å². The number of rotatable bonds is 3. The fourth-order valence-corrected chi connectivity index (χ4v) is 1.06. The molecule has 1 aliphatic carbocycles. The number of carboxylic acid groups (broad SMARTS) is 1. The van der Waals surface area contributed by atoms with Crippen molar-refractivity contribution in [1.82, 2.24) is 0 Å². The average Bonchev–Trinajstić information content (AvgIpc) is 2.67. The first-order valence-corrected chi connectivity index (χ1v) is 3.58. The third kappa shape index (κ3) is 1.88. The molecule has 0 spiro atoms. The third-order valence-electron chi connectivity index (χ3n) is 1.95. The van der Waals surface area contributed by atoms with E-state index in [9.17, 15) is 4.79 Å². The van der Waals surface area contributed by atoms with E-state index < -0.39 is 5.97 Å². The average molecular weight is 154 g/mol. The maximum absolute atomic E-state index is 10.4. The standard InChI is InChI=1S/C7H10N2O2/c1-4(7(10)11)2-5-3-6(5)9-8/h4-5H,2-3H2,1H3,(H,10,11). The smallest absolute Gasteiger partial charge is 0.306 e. The molecule has 1 aliphatic rings. The Balaban J connectivity index is 2.34. The van der Waals surface area contributed by atoms with Crippen LogP contribution < -0.4 is 0 Å². The summed E-state index contributed by atoms with van der Waals surface area (Å²) in [5, 5.41) is 8.52. The first-order chi connectivity index (χ1) is 5.15. The predicted octanol–water partition coefficient (Wildman–Crippen LogP) is 0.788. The van der Waals surface area contributed by atoms with Crippen molar-refractivity contribution in [2.75, 3.05) is 0 Å². The summed E-state index contributed by atoms with van der Waals surface area (Å²) in [5.41, 5.74) is 9.00. The Kier molecular flexibility index (Phi) is 2.06. The second-order valence-corrected chi connectivity index (χ2v) is 2.97. The second kappa shape index (κ2) is 2.84. The van der Waals surface area contributed by atoms with Crippen molar-refractivity contribution in [1.29, 1.82) is 0 Å². The highest BCUT2D eigenvalue weighted by Gasteiger charge is 2.42. The molecule has 0 aromatic heterocycles. The first kappa shape index (κ1) is 7.95. The molecule has 60 valence electrons. The van der Waals surface area contributed by atoms with Crippen LogP contribution in [0.4, 0.5) is 0 Å². The zero-order valence-electron chi connectivity index (χ0n) is 6.32. The lowest BCUT2D eigenvalue weighted by molar-refractivity contribution is -0.141. The summed E-state index contributed by atoms with van der Waals surface area (Å²) in [5.74, 6) is -0.903. The summed E-state index contributed by atoms with van der Waals surface area (Å²) in [4.78, 5) is 13.4. The van der Waals surface area contributed by atoms with Crippen LogP contribution in [0, 0.1) is 11.8 Å². The second-order valence-electron chi connectivity index (χ2n) is 2.97. The van der Waals surface area contributed by atoms with Crippen LogP contribution in [0.3, 0.4) is 0 Å². The number of hydrogen-bond donors (Lipinski definition) is 1. The summed E-state index contributed by atoms with van der Waals surface area (Å²) in [6.45, 7) is 1.66. The van der Waals surface area contributed by atoms with E-state index >= 15 is 0 Å². The first-order valence-electron chi connectivity index (χ1n) is 3.58. The highest BCUT2D eigenvalue weighted by atomic mass is 16.4. The van der Waals surface area contributed by atoms with E-state index in [1.165, 1.54) is 0 Å². The molecule has 0 aromatic carbocycles. The number of carbonyl (C=O) groups is 1. The van der Waals surface area contributed by atoms with Crippen LogP contribution in [0.2, 0.25) is 0 Å². The van der Waals surface area contributed by atoms with Crippen LogP contribution in [0.1, 0.15) is 19.8 Å². The molecule has 1 fully saturated rings. The summed E-state index contributed by atoms with van der Waals surface area (Å²) >= 11 is 0. The SMILES string of the molecule is CC(CC1CC1=[N+]=[N-])C(=O)O. The van der Waals surface area contributed by atoms with E-state index in [0.29, 0.717) is 6.42 Å². The van der Waals surface area contributed by atoms with Crippen LogP contribution in [-0.2, 0) is 4.79 Å². The lowest BCUT2D eigenvalue weighted by atomic mass is 10.1. The number of carboxylic acids is 1. The summed E-state index contributed by atoms with van der Waals surface area (Å²) in [6, 6.07) is 0. The zero-order chi connectivity index (χ0) is 8.43. The van der Waals surface area contributed by atoms with Crippen molar-refractivity contribution < 1.29 is 14.7 Å². The van der Waals surface area contributed by atoms with Gasteiger partial charge in [-0.05, 0) is 6.42 Å². The highest BCUT2D eigenvalue weighted by molar-refractivity contribution is 5.96. The van der Waals surface area contributed by atoms with Gasteiger partial charge >= 0.3 is 5.97 Å². The van der Waals surface area contributed by atoms with Crippen LogP contribution >= 0.6 is 0 Å². The largest absolute Gasteiger partial charge is 0.481 e. The van der Waals surface area contributed by atoms with E-state index in [1.807, 2.05) is 0 Å². The molecule has 0 aliphatic heterocycles. The summed E-state index contributed by atoms with van der Waals surface area (Å²) < 4.78 is 0. The molecule has 11 heavy (non-hydrogen) atoms. The Hall–Kier alpha value is -1.15. The van der Waals surface area contributed by atoms with Gasteiger partial charge in [0.25, 0.3) is 5.71 Å². The lowest BCUT2D eigenvalue weighted by Gasteiger charge is -1.99. The van der Waals surface area contributed by atoms with Crippen molar-refractivity contribution in [2.24, 2.45) is 11.8 Å². The third-order valence-corrected chi connectivity index (χ3v) is 1.95. The molecular weight excluding hydrogens is 144 g/mol. The van der Waals surface area contributed by atoms with Crippen molar-refractivity contribution >= 4 is 11.7 Å². The van der Waals surface area contributed by atoms with Gasteiger partial charge in [-0.25, -0.2) is 0 Å². The number of aliphatic carboxylic acids is 1. The van der Waals surface area contributed by atoms with Crippen LogP contribution in [-0.4, -0.2) is 21.6 Å². The van der Waals surface area contributed by atoms with Gasteiger partial charge in [-0.3, -0.25) is 4.79 Å². The monoisotopic (exact) mass is 154 g/mol. The van der Waals surface area contributed by atoms with Crippen molar-refractivity contribution in [3.05, 3.63) is 5.53 Å². The molecule has 1 saturated carbocycles. The van der Waals surface area contributed by atoms with Gasteiger partial charge in [-0.15, -0.1) is 0 Å². The van der Waals surface area contributed by atoms with Crippen molar-refractivity contribution in [2.45, 2.75) is 19.8 Å². The molecule has 0 aromatic rings. The minimum atomic E-state index is -0.783. The van der Waals surface area contributed by atoms with Gasteiger partial charge in [0.05, 0.1) is 18.3 Å². The number of nitrogens with zero attached hydrogens (tertiary/aromatic N) is 2. The van der Waals surface area contributed by atoms with Crippen molar-refractivity contribution in [3.63, 3.8) is 0 Å². The summed E-state index contributed by atoms with van der Waals surface area (Å²) in [6.07, 6.45) is 1.35. The zero-order valence-corrected chi connectivity index (χ0v) is 6.32. The Morgan fingerprint density at radius 1 is 2.00 bits per heavy atom. The van der Waals surface area contributed by atoms with Crippen LogP contribution in [0.5, 0.6) is 0 Å². The topological polar surface area (TPSA) is 73.7 Å². The quantitative estimate of drug-likeness (QED) is 0.482. The van der Waals surface area contributed by atoms with Gasteiger partial charge in [-0.2, -0.15) is 4.79 Å². The fourth-order valence-electron chi connectivity index (χ4n) is 1.06. The molecule has 0 bridgehead atoms. The Morgan fingerprint density at radius 3 is 3.00 bits per heavy atom. The van der Waals surface area contributed by atoms with Gasteiger partial charge in [0, 0.05) is 0 Å². The number of hydrogen-bond acceptors (Lipinski definition) is 1. The molecule has 2 unspecified atom stereocenters. The lowest BCUT2D eigenvalue weighted by Crippen LogP contribution is -2.10.